The van der Waals surface area contributed by atoms with Gasteiger partial charge in [0.2, 0.25) is 11.8 Å². The van der Waals surface area contributed by atoms with E-state index in [9.17, 15) is 0 Å². The predicted molar refractivity (Wildman–Crippen MR) is 72.2 cm³/mol. The molecule has 2 rings (SSSR count). The zero-order valence-electron chi connectivity index (χ0n) is 10.8. The summed E-state index contributed by atoms with van der Waals surface area (Å²) in [6.07, 6.45) is 0. The van der Waals surface area contributed by atoms with Gasteiger partial charge >= 0.3 is 0 Å². The average molecular weight is 254 g/mol. The number of nitrogens with zero attached hydrogens (tertiary/aromatic N) is 3. The van der Waals surface area contributed by atoms with E-state index in [1.165, 1.54) is 0 Å². The summed E-state index contributed by atoms with van der Waals surface area (Å²) in [6.45, 7) is 4.57. The van der Waals surface area contributed by atoms with Gasteiger partial charge in [-0.05, 0) is 26.0 Å². The third-order valence-corrected chi connectivity index (χ3v) is 2.39. The molecule has 0 spiro atoms. The van der Waals surface area contributed by atoms with Crippen LogP contribution in [0.25, 0.3) is 0 Å². The third kappa shape index (κ3) is 3.19. The van der Waals surface area contributed by atoms with Crippen LogP contribution < -0.4 is 10.1 Å². The standard InChI is InChI=1S/C14H14N4O/c1-3-16-14-17-10(2)8-13(18-14)19-12-7-5-4-6-11(12)9-15/h4-8H,3H2,1-2H3,(H,16,17,18). The Morgan fingerprint density at radius 3 is 2.84 bits per heavy atom. The van der Waals surface area contributed by atoms with Crippen molar-refractivity contribution in [3.05, 3.63) is 41.6 Å². The number of aryl methyl sites for hydroxylation is 1. The summed E-state index contributed by atoms with van der Waals surface area (Å²) in [5, 5.41) is 12.1. The Bertz CT molecular complexity index is 619. The Balaban J connectivity index is 2.30. The van der Waals surface area contributed by atoms with Crippen molar-refractivity contribution < 1.29 is 4.74 Å². The molecule has 0 unspecified atom stereocenters. The van der Waals surface area contributed by atoms with Crippen molar-refractivity contribution in [1.82, 2.24) is 9.97 Å². The molecule has 19 heavy (non-hydrogen) atoms. The summed E-state index contributed by atoms with van der Waals surface area (Å²) in [5.74, 6) is 1.43. The predicted octanol–water partition coefficient (Wildman–Crippen LogP) is 2.88. The molecule has 0 aliphatic carbocycles. The summed E-state index contributed by atoms with van der Waals surface area (Å²) >= 11 is 0. The van der Waals surface area contributed by atoms with Crippen molar-refractivity contribution in [2.75, 3.05) is 11.9 Å². The van der Waals surface area contributed by atoms with Crippen LogP contribution in [0.5, 0.6) is 11.6 Å². The Hall–Kier alpha value is -2.61. The van der Waals surface area contributed by atoms with Gasteiger partial charge in [0.05, 0.1) is 5.56 Å². The van der Waals surface area contributed by atoms with Gasteiger partial charge in [-0.2, -0.15) is 10.2 Å². The molecule has 0 radical (unpaired) electrons. The molecule has 1 heterocycles. The van der Waals surface area contributed by atoms with E-state index in [1.807, 2.05) is 19.9 Å². The number of nitrogens with one attached hydrogen (secondary N) is 1. The highest BCUT2D eigenvalue weighted by atomic mass is 16.5. The van der Waals surface area contributed by atoms with Gasteiger partial charge in [0, 0.05) is 18.3 Å². The van der Waals surface area contributed by atoms with Crippen LogP contribution in [0.3, 0.4) is 0 Å². The number of ether oxygens (including phenoxy) is 1. The van der Waals surface area contributed by atoms with E-state index < -0.39 is 0 Å². The van der Waals surface area contributed by atoms with Crippen molar-refractivity contribution >= 4 is 5.95 Å². The molecule has 1 N–H and O–H groups in total. The van der Waals surface area contributed by atoms with Crippen LogP contribution in [0.4, 0.5) is 5.95 Å². The van der Waals surface area contributed by atoms with Crippen molar-refractivity contribution in [2.24, 2.45) is 0 Å². The first kappa shape index (κ1) is 12.8. The van der Waals surface area contributed by atoms with Gasteiger partial charge in [-0.15, -0.1) is 0 Å². The van der Waals surface area contributed by atoms with E-state index in [0.717, 1.165) is 12.2 Å². The fraction of sp³-hybridized carbons (Fsp3) is 0.214. The molecule has 0 aliphatic heterocycles. The van der Waals surface area contributed by atoms with E-state index >= 15 is 0 Å². The van der Waals surface area contributed by atoms with E-state index in [4.69, 9.17) is 10.00 Å². The molecule has 0 amide bonds. The Labute approximate surface area is 111 Å². The smallest absolute Gasteiger partial charge is 0.226 e. The van der Waals surface area contributed by atoms with E-state index in [1.54, 1.807) is 24.3 Å². The Morgan fingerprint density at radius 1 is 1.32 bits per heavy atom. The topological polar surface area (TPSA) is 70.8 Å². The van der Waals surface area contributed by atoms with Gasteiger partial charge in [-0.3, -0.25) is 0 Å². The van der Waals surface area contributed by atoms with Crippen molar-refractivity contribution in [3.8, 4) is 17.7 Å². The van der Waals surface area contributed by atoms with Gasteiger partial charge in [0.1, 0.15) is 11.8 Å². The van der Waals surface area contributed by atoms with Crippen LogP contribution in [-0.2, 0) is 0 Å². The minimum atomic E-state index is 0.422. The third-order valence-electron chi connectivity index (χ3n) is 2.39. The maximum absolute atomic E-state index is 9.01. The quantitative estimate of drug-likeness (QED) is 0.908. The largest absolute Gasteiger partial charge is 0.437 e. The Morgan fingerprint density at radius 2 is 2.11 bits per heavy atom. The van der Waals surface area contributed by atoms with Crippen LogP contribution in [-0.4, -0.2) is 16.5 Å². The van der Waals surface area contributed by atoms with Crippen LogP contribution in [0.2, 0.25) is 0 Å². The Kier molecular flexibility index (Phi) is 3.94. The van der Waals surface area contributed by atoms with Crippen molar-refractivity contribution in [3.63, 3.8) is 0 Å². The number of rotatable bonds is 4. The van der Waals surface area contributed by atoms with E-state index in [2.05, 4.69) is 21.4 Å². The van der Waals surface area contributed by atoms with Crippen LogP contribution >= 0.6 is 0 Å². The number of para-hydroxylation sites is 1. The van der Waals surface area contributed by atoms with Gasteiger partial charge in [-0.1, -0.05) is 12.1 Å². The van der Waals surface area contributed by atoms with Crippen molar-refractivity contribution in [1.29, 1.82) is 5.26 Å². The van der Waals surface area contributed by atoms with Gasteiger partial charge in [-0.25, -0.2) is 4.98 Å². The molecule has 96 valence electrons. The fourth-order valence-corrected chi connectivity index (χ4v) is 1.59. The first-order valence-corrected chi connectivity index (χ1v) is 5.99. The normalized spacial score (nSPS) is 9.74. The first-order chi connectivity index (χ1) is 9.22. The van der Waals surface area contributed by atoms with Crippen LogP contribution in [0.15, 0.2) is 30.3 Å². The highest BCUT2D eigenvalue weighted by Gasteiger charge is 2.07. The molecular formula is C14H14N4O. The van der Waals surface area contributed by atoms with E-state index in [0.29, 0.717) is 23.1 Å². The highest BCUT2D eigenvalue weighted by Crippen LogP contribution is 2.24. The van der Waals surface area contributed by atoms with Crippen LogP contribution in [0.1, 0.15) is 18.2 Å². The minimum absolute atomic E-state index is 0.422. The zero-order valence-corrected chi connectivity index (χ0v) is 10.8. The maximum atomic E-state index is 9.01. The lowest BCUT2D eigenvalue weighted by Crippen LogP contribution is -2.04. The molecule has 0 saturated heterocycles. The zero-order chi connectivity index (χ0) is 13.7. The average Bonchev–Trinajstić information content (AvgIpc) is 2.39. The lowest BCUT2D eigenvalue weighted by atomic mass is 10.2. The summed E-state index contributed by atoms with van der Waals surface area (Å²) in [7, 11) is 0. The summed E-state index contributed by atoms with van der Waals surface area (Å²) in [5.41, 5.74) is 1.28. The highest BCUT2D eigenvalue weighted by molar-refractivity contribution is 5.44. The lowest BCUT2D eigenvalue weighted by Gasteiger charge is -2.09. The fourth-order valence-electron chi connectivity index (χ4n) is 1.59. The molecule has 0 aliphatic rings. The monoisotopic (exact) mass is 254 g/mol. The van der Waals surface area contributed by atoms with Crippen molar-refractivity contribution in [2.45, 2.75) is 13.8 Å². The van der Waals surface area contributed by atoms with E-state index in [-0.39, 0.29) is 0 Å². The van der Waals surface area contributed by atoms with Gasteiger partial charge in [0.15, 0.2) is 0 Å². The number of aromatic nitrogens is 2. The van der Waals surface area contributed by atoms with Gasteiger partial charge < -0.3 is 10.1 Å². The molecule has 0 bridgehead atoms. The lowest BCUT2D eigenvalue weighted by molar-refractivity contribution is 0.460. The SMILES string of the molecule is CCNc1nc(C)cc(Oc2ccccc2C#N)n1. The van der Waals surface area contributed by atoms with Crippen LogP contribution in [0, 0.1) is 18.3 Å². The number of nitriles is 1. The molecule has 0 atom stereocenters. The molecule has 0 saturated carbocycles. The summed E-state index contributed by atoms with van der Waals surface area (Å²) < 4.78 is 5.65. The molecule has 5 nitrogen and oxygen atoms in total. The minimum Gasteiger partial charge on any atom is -0.437 e. The number of benzene rings is 1. The van der Waals surface area contributed by atoms with Gasteiger partial charge in [0.25, 0.3) is 0 Å². The summed E-state index contributed by atoms with van der Waals surface area (Å²) in [4.78, 5) is 8.48. The second-order valence-corrected chi connectivity index (χ2v) is 3.91. The second kappa shape index (κ2) is 5.83. The number of hydrogen-bond donors (Lipinski definition) is 1. The molecular weight excluding hydrogens is 240 g/mol. The maximum Gasteiger partial charge on any atom is 0.226 e. The first-order valence-electron chi connectivity index (χ1n) is 5.99. The second-order valence-electron chi connectivity index (χ2n) is 3.91. The molecule has 2 aromatic rings. The molecule has 1 aromatic carbocycles. The molecule has 1 aromatic heterocycles. The molecule has 0 fully saturated rings. The molecule has 5 heteroatoms. The number of anilines is 1. The number of hydrogen-bond acceptors (Lipinski definition) is 5. The summed E-state index contributed by atoms with van der Waals surface area (Å²) in [6, 6.07) is 10.9.